The average Bonchev–Trinajstić information content (AvgIpc) is 2.98. The Hall–Kier alpha value is -1.92. The van der Waals surface area contributed by atoms with Crippen LogP contribution in [0.2, 0.25) is 0 Å². The van der Waals surface area contributed by atoms with Crippen molar-refractivity contribution in [2.24, 2.45) is 0 Å². The second-order valence-corrected chi connectivity index (χ2v) is 7.32. The van der Waals surface area contributed by atoms with Gasteiger partial charge in [0.15, 0.2) is 5.16 Å². The van der Waals surface area contributed by atoms with Gasteiger partial charge in [-0.05, 0) is 37.8 Å². The van der Waals surface area contributed by atoms with Gasteiger partial charge in [-0.2, -0.15) is 0 Å². The minimum absolute atomic E-state index is 0.117. The van der Waals surface area contributed by atoms with Crippen molar-refractivity contribution in [2.45, 2.75) is 36.9 Å². The van der Waals surface area contributed by atoms with Crippen molar-refractivity contribution < 1.29 is 4.79 Å². The Bertz CT molecular complexity index is 685. The van der Waals surface area contributed by atoms with Crippen LogP contribution >= 0.6 is 11.8 Å². The van der Waals surface area contributed by atoms with Crippen LogP contribution in [0.4, 0.5) is 0 Å². The lowest BCUT2D eigenvalue weighted by Gasteiger charge is -2.31. The number of carbonyl (C=O) groups excluding carboxylic acids is 1. The summed E-state index contributed by atoms with van der Waals surface area (Å²) >= 11 is 1.46. The van der Waals surface area contributed by atoms with Gasteiger partial charge >= 0.3 is 0 Å². The first-order valence-corrected chi connectivity index (χ1v) is 10.4. The van der Waals surface area contributed by atoms with E-state index in [2.05, 4.69) is 44.5 Å². The maximum absolute atomic E-state index is 12.5. The molecule has 1 aromatic carbocycles. The first-order valence-electron chi connectivity index (χ1n) is 9.21. The normalized spacial score (nSPS) is 16.7. The molecule has 3 rings (SSSR count). The highest BCUT2D eigenvalue weighted by Gasteiger charge is 2.22. The average molecular weight is 371 g/mol. The Morgan fingerprint density at radius 1 is 1.12 bits per heavy atom. The molecule has 0 saturated carbocycles. The molecule has 0 aliphatic carbocycles. The predicted molar refractivity (Wildman–Crippen MR) is 105 cm³/mol. The summed E-state index contributed by atoms with van der Waals surface area (Å²) in [4.78, 5) is 23.4. The van der Waals surface area contributed by atoms with Crippen molar-refractivity contribution in [2.75, 3.05) is 25.9 Å². The Morgan fingerprint density at radius 2 is 1.77 bits per heavy atom. The molecule has 1 fully saturated rings. The number of carbonyl (C=O) groups is 1. The highest BCUT2D eigenvalue weighted by molar-refractivity contribution is 7.98. The quantitative estimate of drug-likeness (QED) is 0.622. The molecule has 5 nitrogen and oxygen atoms in total. The van der Waals surface area contributed by atoms with Crippen LogP contribution in [0.15, 0.2) is 47.9 Å². The van der Waals surface area contributed by atoms with E-state index in [0.29, 0.717) is 17.3 Å². The number of thioether (sulfide) groups is 1. The molecule has 1 N–H and O–H groups in total. The molecule has 1 atom stereocenters. The summed E-state index contributed by atoms with van der Waals surface area (Å²) in [5.74, 6) is -0.117. The summed E-state index contributed by atoms with van der Waals surface area (Å²) in [5.41, 5.74) is 1.76. The van der Waals surface area contributed by atoms with E-state index < -0.39 is 0 Å². The second-order valence-electron chi connectivity index (χ2n) is 6.55. The SMILES string of the molecule is CSc1ncc(C(=O)NC[C@@H](c2ccccc2)N2CCCCCC2)cn1. The Morgan fingerprint density at radius 3 is 2.38 bits per heavy atom. The first-order chi connectivity index (χ1) is 12.8. The molecule has 2 heterocycles. The van der Waals surface area contributed by atoms with Crippen LogP contribution in [0.25, 0.3) is 0 Å². The van der Waals surface area contributed by atoms with Crippen molar-refractivity contribution in [3.05, 3.63) is 53.9 Å². The van der Waals surface area contributed by atoms with Gasteiger partial charge in [0.25, 0.3) is 5.91 Å². The zero-order chi connectivity index (χ0) is 18.2. The predicted octanol–water partition coefficient (Wildman–Crippen LogP) is 3.55. The van der Waals surface area contributed by atoms with E-state index >= 15 is 0 Å². The monoisotopic (exact) mass is 370 g/mol. The molecule has 1 saturated heterocycles. The van der Waals surface area contributed by atoms with E-state index in [-0.39, 0.29) is 11.9 Å². The Kier molecular flexibility index (Phi) is 7.03. The number of nitrogens with zero attached hydrogens (tertiary/aromatic N) is 3. The van der Waals surface area contributed by atoms with Crippen molar-refractivity contribution >= 4 is 17.7 Å². The third kappa shape index (κ3) is 5.05. The number of nitrogens with one attached hydrogen (secondary N) is 1. The molecular weight excluding hydrogens is 344 g/mol. The summed E-state index contributed by atoms with van der Waals surface area (Å²) in [7, 11) is 0. The van der Waals surface area contributed by atoms with E-state index in [1.165, 1.54) is 43.0 Å². The van der Waals surface area contributed by atoms with Crippen molar-refractivity contribution in [1.82, 2.24) is 20.2 Å². The number of hydrogen-bond acceptors (Lipinski definition) is 5. The first kappa shape index (κ1) is 18.9. The molecule has 0 radical (unpaired) electrons. The maximum atomic E-state index is 12.5. The number of amides is 1. The van der Waals surface area contributed by atoms with E-state index in [9.17, 15) is 4.79 Å². The standard InChI is InChI=1S/C20H26N4OS/c1-26-20-22-13-17(14-23-20)19(25)21-15-18(16-9-5-4-6-10-16)24-11-7-2-3-8-12-24/h4-6,9-10,13-14,18H,2-3,7-8,11-12,15H2,1H3,(H,21,25)/t18-/m0/s1. The summed E-state index contributed by atoms with van der Waals surface area (Å²) in [6, 6.07) is 10.7. The van der Waals surface area contributed by atoms with Crippen LogP contribution in [-0.2, 0) is 0 Å². The lowest BCUT2D eigenvalue weighted by atomic mass is 10.0. The molecule has 6 heteroatoms. The summed E-state index contributed by atoms with van der Waals surface area (Å²) in [6.45, 7) is 2.76. The zero-order valence-electron chi connectivity index (χ0n) is 15.2. The second kappa shape index (κ2) is 9.69. The van der Waals surface area contributed by atoms with Gasteiger partial charge < -0.3 is 5.32 Å². The van der Waals surface area contributed by atoms with Gasteiger partial charge in [0, 0.05) is 18.9 Å². The highest BCUT2D eigenvalue weighted by Crippen LogP contribution is 2.23. The van der Waals surface area contributed by atoms with Crippen LogP contribution < -0.4 is 5.32 Å². The van der Waals surface area contributed by atoms with Crippen molar-refractivity contribution in [3.63, 3.8) is 0 Å². The van der Waals surface area contributed by atoms with Crippen LogP contribution in [0, 0.1) is 0 Å². The van der Waals surface area contributed by atoms with Crippen LogP contribution in [0.3, 0.4) is 0 Å². The third-order valence-corrected chi connectivity index (χ3v) is 5.37. The number of likely N-dealkylation sites (tertiary alicyclic amines) is 1. The number of aromatic nitrogens is 2. The van der Waals surface area contributed by atoms with E-state index in [1.54, 1.807) is 12.4 Å². The Balaban J connectivity index is 1.69. The minimum Gasteiger partial charge on any atom is -0.350 e. The summed E-state index contributed by atoms with van der Waals surface area (Å²) in [6.07, 6.45) is 10.1. The van der Waals surface area contributed by atoms with Gasteiger partial charge in [-0.1, -0.05) is 54.9 Å². The molecule has 1 aromatic heterocycles. The number of rotatable bonds is 6. The van der Waals surface area contributed by atoms with E-state index in [4.69, 9.17) is 0 Å². The van der Waals surface area contributed by atoms with Gasteiger partial charge in [-0.25, -0.2) is 9.97 Å². The number of hydrogen-bond donors (Lipinski definition) is 1. The molecule has 1 aliphatic rings. The fourth-order valence-corrected chi connectivity index (χ4v) is 3.69. The van der Waals surface area contributed by atoms with Crippen LogP contribution in [0.5, 0.6) is 0 Å². The lowest BCUT2D eigenvalue weighted by molar-refractivity contribution is 0.0932. The molecule has 2 aromatic rings. The molecule has 138 valence electrons. The van der Waals surface area contributed by atoms with Crippen molar-refractivity contribution in [3.8, 4) is 0 Å². The fraction of sp³-hybridized carbons (Fsp3) is 0.450. The molecule has 0 unspecified atom stereocenters. The molecular formula is C20H26N4OS. The molecule has 0 spiro atoms. The van der Waals surface area contributed by atoms with Gasteiger partial charge in [0.05, 0.1) is 11.6 Å². The topological polar surface area (TPSA) is 58.1 Å². The molecule has 26 heavy (non-hydrogen) atoms. The minimum atomic E-state index is -0.117. The zero-order valence-corrected chi connectivity index (χ0v) is 16.0. The lowest BCUT2D eigenvalue weighted by Crippen LogP contribution is -2.38. The highest BCUT2D eigenvalue weighted by atomic mass is 32.2. The summed E-state index contributed by atoms with van der Waals surface area (Å²) in [5, 5.41) is 3.76. The van der Waals surface area contributed by atoms with Crippen LogP contribution in [-0.4, -0.2) is 46.7 Å². The van der Waals surface area contributed by atoms with Gasteiger partial charge in [-0.3, -0.25) is 9.69 Å². The largest absolute Gasteiger partial charge is 0.350 e. The maximum Gasteiger partial charge on any atom is 0.254 e. The van der Waals surface area contributed by atoms with Gasteiger partial charge in [0.2, 0.25) is 0 Å². The van der Waals surface area contributed by atoms with E-state index in [0.717, 1.165) is 13.1 Å². The smallest absolute Gasteiger partial charge is 0.254 e. The molecule has 1 amide bonds. The van der Waals surface area contributed by atoms with E-state index in [1.807, 2.05) is 12.3 Å². The summed E-state index contributed by atoms with van der Waals surface area (Å²) < 4.78 is 0. The van der Waals surface area contributed by atoms with Crippen molar-refractivity contribution in [1.29, 1.82) is 0 Å². The van der Waals surface area contributed by atoms with Crippen LogP contribution in [0.1, 0.15) is 47.6 Å². The van der Waals surface area contributed by atoms with Gasteiger partial charge in [0.1, 0.15) is 0 Å². The molecule has 0 bridgehead atoms. The third-order valence-electron chi connectivity index (χ3n) is 4.79. The van der Waals surface area contributed by atoms with Gasteiger partial charge in [-0.15, -0.1) is 0 Å². The number of benzene rings is 1. The fourth-order valence-electron chi connectivity index (χ4n) is 3.37. The Labute approximate surface area is 159 Å². The molecule has 1 aliphatic heterocycles.